The van der Waals surface area contributed by atoms with E-state index >= 15 is 0 Å². The fraction of sp³-hybridized carbons (Fsp3) is 0.250. The molecule has 0 fully saturated rings. The van der Waals surface area contributed by atoms with Crippen LogP contribution in [-0.2, 0) is 4.74 Å². The van der Waals surface area contributed by atoms with Crippen molar-refractivity contribution in [1.82, 2.24) is 4.98 Å². The molecule has 0 radical (unpaired) electrons. The van der Waals surface area contributed by atoms with Crippen LogP contribution >= 0.6 is 0 Å². The second-order valence-corrected chi connectivity index (χ2v) is 3.88. The summed E-state index contributed by atoms with van der Waals surface area (Å²) in [5.74, 6) is -0.325. The Morgan fingerprint density at radius 2 is 1.80 bits per heavy atom. The molecule has 0 unspecified atom stereocenters. The number of rotatable bonds is 3. The van der Waals surface area contributed by atoms with Gasteiger partial charge in [-0.1, -0.05) is 13.8 Å². The predicted molar refractivity (Wildman–Crippen MR) is 81.4 cm³/mol. The zero-order valence-corrected chi connectivity index (χ0v) is 12.3. The zero-order valence-electron chi connectivity index (χ0n) is 12.3. The van der Waals surface area contributed by atoms with Gasteiger partial charge in [0.1, 0.15) is 0 Å². The highest BCUT2D eigenvalue weighted by atomic mass is 16.5. The van der Waals surface area contributed by atoms with Gasteiger partial charge in [0.2, 0.25) is 0 Å². The van der Waals surface area contributed by atoms with E-state index in [-0.39, 0.29) is 5.97 Å². The molecule has 0 bridgehead atoms. The van der Waals surface area contributed by atoms with Crippen molar-refractivity contribution < 1.29 is 9.53 Å². The molecule has 0 atom stereocenters. The number of carbonyl (C=O) groups excluding carboxylic acids is 1. The number of aromatic nitrogens is 1. The average molecular weight is 272 g/mol. The molecule has 20 heavy (non-hydrogen) atoms. The lowest BCUT2D eigenvalue weighted by atomic mass is 10.1. The quantitative estimate of drug-likeness (QED) is 0.860. The second-order valence-electron chi connectivity index (χ2n) is 3.88. The number of nitrogens with one attached hydrogen (secondary N) is 1. The van der Waals surface area contributed by atoms with E-state index in [1.807, 2.05) is 39.0 Å². The van der Waals surface area contributed by atoms with Gasteiger partial charge in [0.05, 0.1) is 12.7 Å². The van der Waals surface area contributed by atoms with Crippen molar-refractivity contribution in [2.24, 2.45) is 0 Å². The normalized spacial score (nSPS) is 9.20. The first kappa shape index (κ1) is 15.7. The van der Waals surface area contributed by atoms with Gasteiger partial charge in [0, 0.05) is 23.8 Å². The number of hydrogen-bond acceptors (Lipinski definition) is 4. The van der Waals surface area contributed by atoms with Crippen molar-refractivity contribution in [3.63, 3.8) is 0 Å². The Morgan fingerprint density at radius 1 is 1.15 bits per heavy atom. The molecule has 1 N–H and O–H groups in total. The van der Waals surface area contributed by atoms with Crippen molar-refractivity contribution in [3.8, 4) is 0 Å². The molecule has 4 nitrogen and oxygen atoms in total. The summed E-state index contributed by atoms with van der Waals surface area (Å²) < 4.78 is 4.68. The number of anilines is 2. The lowest BCUT2D eigenvalue weighted by Gasteiger charge is -2.10. The SMILES string of the molecule is CC.COC(=O)c1ccc(Nc2ccncc2)c(C)c1. The molecule has 0 saturated heterocycles. The van der Waals surface area contributed by atoms with Gasteiger partial charge < -0.3 is 10.1 Å². The van der Waals surface area contributed by atoms with Gasteiger partial charge in [0.25, 0.3) is 0 Å². The third-order valence-corrected chi connectivity index (χ3v) is 2.61. The van der Waals surface area contributed by atoms with E-state index in [2.05, 4.69) is 15.0 Å². The van der Waals surface area contributed by atoms with E-state index < -0.39 is 0 Å². The maximum Gasteiger partial charge on any atom is 0.337 e. The minimum Gasteiger partial charge on any atom is -0.465 e. The molecule has 0 saturated carbocycles. The van der Waals surface area contributed by atoms with Crippen LogP contribution in [0.5, 0.6) is 0 Å². The molecule has 2 rings (SSSR count). The van der Waals surface area contributed by atoms with E-state index in [1.54, 1.807) is 24.5 Å². The molecule has 4 heteroatoms. The van der Waals surface area contributed by atoms with Gasteiger partial charge in [0.15, 0.2) is 0 Å². The number of esters is 1. The maximum atomic E-state index is 11.4. The number of benzene rings is 1. The molecule has 1 aromatic heterocycles. The van der Waals surface area contributed by atoms with Crippen molar-refractivity contribution >= 4 is 17.3 Å². The zero-order chi connectivity index (χ0) is 15.0. The van der Waals surface area contributed by atoms with Crippen LogP contribution < -0.4 is 5.32 Å². The average Bonchev–Trinajstić information content (AvgIpc) is 2.51. The Labute approximate surface area is 119 Å². The molecule has 0 amide bonds. The number of methoxy groups -OCH3 is 1. The summed E-state index contributed by atoms with van der Waals surface area (Å²) in [4.78, 5) is 15.3. The molecule has 106 valence electrons. The van der Waals surface area contributed by atoms with E-state index in [0.717, 1.165) is 16.9 Å². The molecule has 2 aromatic rings. The highest BCUT2D eigenvalue weighted by molar-refractivity contribution is 5.90. The smallest absolute Gasteiger partial charge is 0.337 e. The summed E-state index contributed by atoms with van der Waals surface area (Å²) in [6.45, 7) is 5.94. The van der Waals surface area contributed by atoms with Crippen LogP contribution in [0.2, 0.25) is 0 Å². The van der Waals surface area contributed by atoms with Crippen molar-refractivity contribution in [3.05, 3.63) is 53.9 Å². The van der Waals surface area contributed by atoms with Gasteiger partial charge in [-0.2, -0.15) is 0 Å². The third kappa shape index (κ3) is 4.09. The van der Waals surface area contributed by atoms with Crippen LogP contribution in [-0.4, -0.2) is 18.1 Å². The first-order valence-corrected chi connectivity index (χ1v) is 6.56. The molecular formula is C16H20N2O2. The Bertz CT molecular complexity index is 554. The molecule has 0 aliphatic rings. The van der Waals surface area contributed by atoms with Gasteiger partial charge in [-0.15, -0.1) is 0 Å². The Kier molecular flexibility index (Phi) is 6.23. The standard InChI is InChI=1S/C14H14N2O2.C2H6/c1-10-9-11(14(17)18-2)3-4-13(10)16-12-5-7-15-8-6-12;1-2/h3-9H,1-2H3,(H,15,16);1-2H3. The van der Waals surface area contributed by atoms with Crippen LogP contribution in [0.4, 0.5) is 11.4 Å². The van der Waals surface area contributed by atoms with Crippen LogP contribution in [0.3, 0.4) is 0 Å². The molecule has 0 aliphatic heterocycles. The Balaban J connectivity index is 0.000000956. The first-order valence-electron chi connectivity index (χ1n) is 6.56. The summed E-state index contributed by atoms with van der Waals surface area (Å²) in [5, 5.41) is 3.26. The lowest BCUT2D eigenvalue weighted by molar-refractivity contribution is 0.0600. The van der Waals surface area contributed by atoms with Crippen molar-refractivity contribution in [1.29, 1.82) is 0 Å². The fourth-order valence-electron chi connectivity index (χ4n) is 1.64. The topological polar surface area (TPSA) is 51.2 Å². The Hall–Kier alpha value is -2.36. The summed E-state index contributed by atoms with van der Waals surface area (Å²) in [5.41, 5.74) is 3.44. The van der Waals surface area contributed by atoms with Crippen molar-refractivity contribution in [2.45, 2.75) is 20.8 Å². The number of hydrogen-bond donors (Lipinski definition) is 1. The van der Waals surface area contributed by atoms with Gasteiger partial charge in [-0.25, -0.2) is 4.79 Å². The van der Waals surface area contributed by atoms with Crippen LogP contribution in [0.1, 0.15) is 29.8 Å². The molecule has 0 aliphatic carbocycles. The largest absolute Gasteiger partial charge is 0.465 e. The maximum absolute atomic E-state index is 11.4. The van der Waals surface area contributed by atoms with E-state index in [0.29, 0.717) is 5.56 Å². The van der Waals surface area contributed by atoms with E-state index in [9.17, 15) is 4.79 Å². The minimum absolute atomic E-state index is 0.325. The van der Waals surface area contributed by atoms with Gasteiger partial charge >= 0.3 is 5.97 Å². The number of nitrogens with zero attached hydrogens (tertiary/aromatic N) is 1. The Morgan fingerprint density at radius 3 is 2.35 bits per heavy atom. The van der Waals surface area contributed by atoms with Crippen LogP contribution in [0.25, 0.3) is 0 Å². The fourth-order valence-corrected chi connectivity index (χ4v) is 1.64. The number of carbonyl (C=O) groups is 1. The second kappa shape index (κ2) is 7.94. The minimum atomic E-state index is -0.325. The lowest BCUT2D eigenvalue weighted by Crippen LogP contribution is -2.02. The number of ether oxygens (including phenoxy) is 1. The predicted octanol–water partition coefficient (Wildman–Crippen LogP) is 3.95. The summed E-state index contributed by atoms with van der Waals surface area (Å²) in [6, 6.07) is 9.17. The summed E-state index contributed by atoms with van der Waals surface area (Å²) >= 11 is 0. The summed E-state index contributed by atoms with van der Waals surface area (Å²) in [6.07, 6.45) is 3.45. The van der Waals surface area contributed by atoms with Crippen molar-refractivity contribution in [2.75, 3.05) is 12.4 Å². The van der Waals surface area contributed by atoms with Crippen LogP contribution in [0, 0.1) is 6.92 Å². The number of aryl methyl sites for hydroxylation is 1. The highest BCUT2D eigenvalue weighted by Gasteiger charge is 2.07. The summed E-state index contributed by atoms with van der Waals surface area (Å²) in [7, 11) is 1.38. The van der Waals surface area contributed by atoms with E-state index in [4.69, 9.17) is 0 Å². The first-order chi connectivity index (χ1) is 9.70. The van der Waals surface area contributed by atoms with E-state index in [1.165, 1.54) is 7.11 Å². The van der Waals surface area contributed by atoms with Crippen LogP contribution in [0.15, 0.2) is 42.7 Å². The molecule has 1 heterocycles. The monoisotopic (exact) mass is 272 g/mol. The number of pyridine rings is 1. The third-order valence-electron chi connectivity index (χ3n) is 2.61. The highest BCUT2D eigenvalue weighted by Crippen LogP contribution is 2.21. The molecule has 0 spiro atoms. The molecule has 1 aromatic carbocycles. The van der Waals surface area contributed by atoms with Gasteiger partial charge in [-0.3, -0.25) is 4.98 Å². The molecular weight excluding hydrogens is 252 g/mol. The van der Waals surface area contributed by atoms with Gasteiger partial charge in [-0.05, 0) is 42.8 Å².